The molecule has 1 amide bonds. The van der Waals surface area contributed by atoms with Gasteiger partial charge in [-0.3, -0.25) is 4.79 Å². The number of amides is 1. The van der Waals surface area contributed by atoms with E-state index in [0.717, 1.165) is 38.8 Å². The van der Waals surface area contributed by atoms with E-state index in [1.165, 1.54) is 10.4 Å². The summed E-state index contributed by atoms with van der Waals surface area (Å²) in [4.78, 5) is 16.4. The van der Waals surface area contributed by atoms with Crippen LogP contribution in [0.1, 0.15) is 29.7 Å². The zero-order chi connectivity index (χ0) is 12.8. The van der Waals surface area contributed by atoms with E-state index in [1.807, 2.05) is 4.90 Å². The lowest BCUT2D eigenvalue weighted by Crippen LogP contribution is -2.55. The lowest BCUT2D eigenvalue weighted by molar-refractivity contribution is -0.142. The van der Waals surface area contributed by atoms with Gasteiger partial charge in [-0.15, -0.1) is 11.3 Å². The Morgan fingerprint density at radius 3 is 2.89 bits per heavy atom. The standard InChI is InChI=1S/C13H16N2OS2/c14-11(17)13(4-1-5-13)12(16)15-6-2-10-9(8-15)3-7-18-10/h3,7H,1-2,4-6,8H2,(H2,14,17). The van der Waals surface area contributed by atoms with Crippen LogP contribution in [0.4, 0.5) is 0 Å². The minimum atomic E-state index is -0.525. The topological polar surface area (TPSA) is 46.3 Å². The third-order valence-electron chi connectivity index (χ3n) is 4.18. The largest absolute Gasteiger partial charge is 0.392 e. The summed E-state index contributed by atoms with van der Waals surface area (Å²) in [6.07, 6.45) is 3.68. The lowest BCUT2D eigenvalue weighted by atomic mass is 9.67. The Morgan fingerprint density at radius 2 is 2.28 bits per heavy atom. The van der Waals surface area contributed by atoms with Crippen LogP contribution in [0.2, 0.25) is 0 Å². The van der Waals surface area contributed by atoms with Gasteiger partial charge in [0, 0.05) is 18.0 Å². The smallest absolute Gasteiger partial charge is 0.235 e. The molecule has 0 saturated heterocycles. The number of fused-ring (bicyclic) bond motifs is 1. The molecule has 1 aliphatic carbocycles. The monoisotopic (exact) mass is 280 g/mol. The van der Waals surface area contributed by atoms with Crippen LogP contribution < -0.4 is 5.73 Å². The Kier molecular flexibility index (Phi) is 2.90. The predicted molar refractivity (Wildman–Crippen MR) is 76.5 cm³/mol. The molecular weight excluding hydrogens is 264 g/mol. The molecule has 1 saturated carbocycles. The van der Waals surface area contributed by atoms with Crippen molar-refractivity contribution in [1.82, 2.24) is 4.90 Å². The number of hydrogen-bond acceptors (Lipinski definition) is 3. The van der Waals surface area contributed by atoms with Gasteiger partial charge in [0.2, 0.25) is 5.91 Å². The van der Waals surface area contributed by atoms with Crippen LogP contribution in [0.15, 0.2) is 11.4 Å². The third kappa shape index (κ3) is 1.68. The molecule has 3 nitrogen and oxygen atoms in total. The van der Waals surface area contributed by atoms with E-state index in [2.05, 4.69) is 11.4 Å². The molecule has 0 unspecified atom stereocenters. The van der Waals surface area contributed by atoms with Crippen molar-refractivity contribution in [2.75, 3.05) is 6.54 Å². The molecule has 5 heteroatoms. The zero-order valence-corrected chi connectivity index (χ0v) is 11.8. The van der Waals surface area contributed by atoms with Crippen molar-refractivity contribution >= 4 is 34.5 Å². The summed E-state index contributed by atoms with van der Waals surface area (Å²) in [6.45, 7) is 1.53. The first-order valence-corrected chi connectivity index (χ1v) is 7.57. The highest BCUT2D eigenvalue weighted by atomic mass is 32.1. The van der Waals surface area contributed by atoms with Crippen molar-refractivity contribution in [2.45, 2.75) is 32.2 Å². The second-order valence-electron chi connectivity index (χ2n) is 5.15. The second-order valence-corrected chi connectivity index (χ2v) is 6.59. The number of thiocarbonyl (C=S) groups is 1. The van der Waals surface area contributed by atoms with Crippen molar-refractivity contribution in [3.8, 4) is 0 Å². The van der Waals surface area contributed by atoms with Gasteiger partial charge in [0.1, 0.15) is 0 Å². The summed E-state index contributed by atoms with van der Waals surface area (Å²) in [5, 5.41) is 2.10. The molecule has 0 spiro atoms. The highest BCUT2D eigenvalue weighted by molar-refractivity contribution is 7.80. The van der Waals surface area contributed by atoms with Crippen LogP contribution in [0, 0.1) is 5.41 Å². The van der Waals surface area contributed by atoms with Gasteiger partial charge in [-0.25, -0.2) is 0 Å². The molecule has 1 aliphatic heterocycles. The molecule has 1 aromatic heterocycles. The fourth-order valence-corrected chi connectivity index (χ4v) is 4.00. The van der Waals surface area contributed by atoms with Crippen molar-refractivity contribution < 1.29 is 4.79 Å². The van der Waals surface area contributed by atoms with E-state index < -0.39 is 5.41 Å². The van der Waals surface area contributed by atoms with E-state index in [0.29, 0.717) is 4.99 Å². The van der Waals surface area contributed by atoms with Gasteiger partial charge in [0.15, 0.2) is 0 Å². The van der Waals surface area contributed by atoms with E-state index >= 15 is 0 Å². The zero-order valence-electron chi connectivity index (χ0n) is 10.1. The van der Waals surface area contributed by atoms with Gasteiger partial charge in [-0.05, 0) is 36.3 Å². The molecule has 1 fully saturated rings. The van der Waals surface area contributed by atoms with E-state index in [4.69, 9.17) is 18.0 Å². The van der Waals surface area contributed by atoms with Crippen molar-refractivity contribution in [3.63, 3.8) is 0 Å². The van der Waals surface area contributed by atoms with Crippen LogP contribution in [0.5, 0.6) is 0 Å². The summed E-state index contributed by atoms with van der Waals surface area (Å²) < 4.78 is 0. The molecule has 2 heterocycles. The fourth-order valence-electron chi connectivity index (χ4n) is 2.82. The number of carbonyl (C=O) groups excluding carboxylic acids is 1. The van der Waals surface area contributed by atoms with Gasteiger partial charge in [0.25, 0.3) is 0 Å². The summed E-state index contributed by atoms with van der Waals surface area (Å²) >= 11 is 6.90. The molecule has 0 aromatic carbocycles. The Labute approximate surface area is 116 Å². The SMILES string of the molecule is NC(=S)C1(C(=O)N2CCc3sccc3C2)CCC1. The maximum Gasteiger partial charge on any atom is 0.235 e. The van der Waals surface area contributed by atoms with Crippen LogP contribution in [0.3, 0.4) is 0 Å². The Balaban J connectivity index is 1.80. The molecule has 0 atom stereocenters. The quantitative estimate of drug-likeness (QED) is 0.844. The number of hydrogen-bond donors (Lipinski definition) is 1. The fraction of sp³-hybridized carbons (Fsp3) is 0.538. The van der Waals surface area contributed by atoms with Gasteiger partial charge in [0.05, 0.1) is 10.4 Å². The van der Waals surface area contributed by atoms with Crippen molar-refractivity contribution in [3.05, 3.63) is 21.9 Å². The molecule has 0 radical (unpaired) electrons. The molecule has 18 heavy (non-hydrogen) atoms. The van der Waals surface area contributed by atoms with E-state index in [9.17, 15) is 4.79 Å². The maximum absolute atomic E-state index is 12.6. The average molecular weight is 280 g/mol. The number of carbonyl (C=O) groups is 1. The van der Waals surface area contributed by atoms with Crippen LogP contribution in [-0.4, -0.2) is 22.3 Å². The second kappa shape index (κ2) is 4.31. The van der Waals surface area contributed by atoms with Gasteiger partial charge in [-0.1, -0.05) is 18.6 Å². The van der Waals surface area contributed by atoms with E-state index in [-0.39, 0.29) is 5.91 Å². The van der Waals surface area contributed by atoms with Crippen molar-refractivity contribution in [2.24, 2.45) is 11.1 Å². The maximum atomic E-state index is 12.6. The Morgan fingerprint density at radius 1 is 1.50 bits per heavy atom. The minimum absolute atomic E-state index is 0.151. The number of rotatable bonds is 2. The first kappa shape index (κ1) is 12.1. The molecule has 2 aliphatic rings. The van der Waals surface area contributed by atoms with Gasteiger partial charge in [-0.2, -0.15) is 0 Å². The van der Waals surface area contributed by atoms with Gasteiger partial charge < -0.3 is 10.6 Å². The summed E-state index contributed by atoms with van der Waals surface area (Å²) in [7, 11) is 0. The van der Waals surface area contributed by atoms with Crippen LogP contribution in [0.25, 0.3) is 0 Å². The first-order chi connectivity index (χ1) is 8.63. The summed E-state index contributed by atoms with van der Waals surface area (Å²) in [6, 6.07) is 2.12. The molecule has 1 aromatic rings. The highest BCUT2D eigenvalue weighted by Gasteiger charge is 2.49. The average Bonchev–Trinajstić information content (AvgIpc) is 2.73. The number of thiophene rings is 1. The summed E-state index contributed by atoms with van der Waals surface area (Å²) in [5.74, 6) is 0.151. The highest BCUT2D eigenvalue weighted by Crippen LogP contribution is 2.43. The summed E-state index contributed by atoms with van der Waals surface area (Å²) in [5.41, 5.74) is 6.56. The Hall–Kier alpha value is -0.940. The number of nitrogens with zero attached hydrogens (tertiary/aromatic N) is 1. The predicted octanol–water partition coefficient (Wildman–Crippen LogP) is 2.09. The molecule has 2 N–H and O–H groups in total. The normalized spacial score (nSPS) is 21.0. The molecular formula is C13H16N2OS2. The molecule has 0 bridgehead atoms. The lowest BCUT2D eigenvalue weighted by Gasteiger charge is -2.43. The Bertz CT molecular complexity index is 505. The van der Waals surface area contributed by atoms with Crippen LogP contribution >= 0.6 is 23.6 Å². The van der Waals surface area contributed by atoms with Gasteiger partial charge >= 0.3 is 0 Å². The third-order valence-corrected chi connectivity index (χ3v) is 5.60. The molecule has 96 valence electrons. The minimum Gasteiger partial charge on any atom is -0.392 e. The van der Waals surface area contributed by atoms with Crippen molar-refractivity contribution in [1.29, 1.82) is 0 Å². The number of nitrogens with two attached hydrogens (primary N) is 1. The van der Waals surface area contributed by atoms with E-state index in [1.54, 1.807) is 11.3 Å². The first-order valence-electron chi connectivity index (χ1n) is 6.28. The molecule has 3 rings (SSSR count). The van der Waals surface area contributed by atoms with Crippen LogP contribution in [-0.2, 0) is 17.8 Å².